The molecule has 0 unspecified atom stereocenters. The Hall–Kier alpha value is -0.180. The summed E-state index contributed by atoms with van der Waals surface area (Å²) in [5.74, 6) is 2.85. The van der Waals surface area contributed by atoms with Crippen LogP contribution in [-0.2, 0) is 0 Å². The lowest BCUT2D eigenvalue weighted by Gasteiger charge is -1.97. The quantitative estimate of drug-likeness (QED) is 0.376. The summed E-state index contributed by atoms with van der Waals surface area (Å²) in [7, 11) is 0. The second-order valence-electron chi connectivity index (χ2n) is 2.02. The molecular weight excluding hydrogens is 144 g/mol. The van der Waals surface area contributed by atoms with Gasteiger partial charge in [-0.15, -0.1) is 0 Å². The van der Waals surface area contributed by atoms with Crippen molar-refractivity contribution in [3.05, 3.63) is 0 Å². The van der Waals surface area contributed by atoms with E-state index >= 15 is 0 Å². The first-order valence-electron chi connectivity index (χ1n) is 3.67. The molecule has 2 nitrogen and oxygen atoms in total. The van der Waals surface area contributed by atoms with Crippen LogP contribution in [0.5, 0.6) is 0 Å². The van der Waals surface area contributed by atoms with Crippen molar-refractivity contribution >= 4 is 17.6 Å². The van der Waals surface area contributed by atoms with Gasteiger partial charge < -0.3 is 5.73 Å². The van der Waals surface area contributed by atoms with E-state index in [0.29, 0.717) is 0 Å². The maximum Gasteiger partial charge on any atom is 0.104 e. The molecule has 3 heteroatoms. The third-order valence-corrected chi connectivity index (χ3v) is 2.16. The van der Waals surface area contributed by atoms with Crippen LogP contribution in [0.1, 0.15) is 20.3 Å². The molecule has 0 saturated heterocycles. The van der Waals surface area contributed by atoms with Gasteiger partial charge in [0.25, 0.3) is 0 Å². The average Bonchev–Trinajstić information content (AvgIpc) is 1.89. The Kier molecular flexibility index (Phi) is 6.81. The number of hydrogen-bond acceptors (Lipinski definition) is 2. The number of hydrogen-bond donors (Lipinski definition) is 1. The van der Waals surface area contributed by atoms with Crippen LogP contribution < -0.4 is 5.73 Å². The molecule has 0 amide bonds. The molecule has 0 saturated carbocycles. The van der Waals surface area contributed by atoms with Crippen LogP contribution >= 0.6 is 11.8 Å². The molecule has 0 aromatic heterocycles. The van der Waals surface area contributed by atoms with E-state index in [2.05, 4.69) is 11.9 Å². The molecule has 0 radical (unpaired) electrons. The monoisotopic (exact) mass is 160 g/mol. The second kappa shape index (κ2) is 6.93. The second-order valence-corrected chi connectivity index (χ2v) is 3.12. The highest BCUT2D eigenvalue weighted by atomic mass is 32.2. The lowest BCUT2D eigenvalue weighted by Crippen LogP contribution is -2.15. The lowest BCUT2D eigenvalue weighted by molar-refractivity contribution is 1.10. The Labute approximate surface area is 67.3 Å². The highest BCUT2D eigenvalue weighted by Crippen LogP contribution is 2.00. The van der Waals surface area contributed by atoms with Gasteiger partial charge in [-0.25, -0.2) is 0 Å². The molecule has 0 atom stereocenters. The standard InChI is InChI=1S/C7H16N2S/c1-3-5-10-6-7(8)9-4-2/h3-6H2,1-2H3,(H2,8,9). The van der Waals surface area contributed by atoms with E-state index in [4.69, 9.17) is 5.73 Å². The minimum atomic E-state index is 0.779. The summed E-state index contributed by atoms with van der Waals surface area (Å²) >= 11 is 1.85. The van der Waals surface area contributed by atoms with Crippen LogP contribution in [0.2, 0.25) is 0 Å². The molecule has 0 fully saturated rings. The smallest absolute Gasteiger partial charge is 0.104 e. The van der Waals surface area contributed by atoms with Crippen molar-refractivity contribution in [1.29, 1.82) is 0 Å². The van der Waals surface area contributed by atoms with Crippen LogP contribution in [0.25, 0.3) is 0 Å². The van der Waals surface area contributed by atoms with Crippen LogP contribution in [-0.4, -0.2) is 23.9 Å². The Morgan fingerprint density at radius 1 is 1.50 bits per heavy atom. The molecule has 10 heavy (non-hydrogen) atoms. The minimum absolute atomic E-state index is 0.779. The van der Waals surface area contributed by atoms with Gasteiger partial charge in [-0.2, -0.15) is 11.8 Å². The van der Waals surface area contributed by atoms with Gasteiger partial charge in [0.2, 0.25) is 0 Å². The maximum absolute atomic E-state index is 5.55. The van der Waals surface area contributed by atoms with E-state index in [1.165, 1.54) is 12.2 Å². The van der Waals surface area contributed by atoms with Gasteiger partial charge in [0.1, 0.15) is 5.84 Å². The number of rotatable bonds is 5. The molecule has 60 valence electrons. The van der Waals surface area contributed by atoms with Gasteiger partial charge in [0, 0.05) is 6.54 Å². The van der Waals surface area contributed by atoms with E-state index in [-0.39, 0.29) is 0 Å². The van der Waals surface area contributed by atoms with Gasteiger partial charge in [-0.3, -0.25) is 4.99 Å². The molecule has 0 aliphatic carbocycles. The Morgan fingerprint density at radius 3 is 2.70 bits per heavy atom. The summed E-state index contributed by atoms with van der Waals surface area (Å²) in [6.07, 6.45) is 1.21. The fourth-order valence-electron chi connectivity index (χ4n) is 0.570. The Morgan fingerprint density at radius 2 is 2.20 bits per heavy atom. The molecule has 0 spiro atoms. The van der Waals surface area contributed by atoms with Crippen molar-refractivity contribution in [1.82, 2.24) is 0 Å². The molecular formula is C7H16N2S. The van der Waals surface area contributed by atoms with Crippen LogP contribution in [0, 0.1) is 0 Å². The summed E-state index contributed by atoms with van der Waals surface area (Å²) in [6, 6.07) is 0. The van der Waals surface area contributed by atoms with Gasteiger partial charge in [-0.1, -0.05) is 6.92 Å². The largest absolute Gasteiger partial charge is 0.387 e. The predicted octanol–water partition coefficient (Wildman–Crippen LogP) is 1.51. The first kappa shape index (κ1) is 9.82. The number of nitrogens with zero attached hydrogens (tertiary/aromatic N) is 1. The molecule has 0 aliphatic heterocycles. The molecule has 2 N–H and O–H groups in total. The minimum Gasteiger partial charge on any atom is -0.387 e. The average molecular weight is 160 g/mol. The van der Waals surface area contributed by atoms with Gasteiger partial charge in [-0.05, 0) is 19.1 Å². The van der Waals surface area contributed by atoms with Crippen LogP contribution in [0.15, 0.2) is 4.99 Å². The lowest BCUT2D eigenvalue weighted by atomic mass is 10.6. The van der Waals surface area contributed by atoms with Crippen molar-refractivity contribution in [2.24, 2.45) is 10.7 Å². The van der Waals surface area contributed by atoms with E-state index in [1.54, 1.807) is 0 Å². The van der Waals surface area contributed by atoms with Crippen molar-refractivity contribution in [2.45, 2.75) is 20.3 Å². The summed E-state index contributed by atoms with van der Waals surface area (Å²) < 4.78 is 0. The molecule has 0 aliphatic rings. The summed E-state index contributed by atoms with van der Waals surface area (Å²) in [6.45, 7) is 4.97. The number of thioether (sulfide) groups is 1. The number of nitrogens with two attached hydrogens (primary N) is 1. The van der Waals surface area contributed by atoms with E-state index in [0.717, 1.165) is 18.1 Å². The van der Waals surface area contributed by atoms with E-state index in [9.17, 15) is 0 Å². The SMILES string of the molecule is CCCSCC(N)=NCC. The van der Waals surface area contributed by atoms with Crippen molar-refractivity contribution in [3.8, 4) is 0 Å². The predicted molar refractivity (Wildman–Crippen MR) is 49.8 cm³/mol. The topological polar surface area (TPSA) is 38.4 Å². The van der Waals surface area contributed by atoms with Crippen LogP contribution in [0.3, 0.4) is 0 Å². The van der Waals surface area contributed by atoms with E-state index in [1.807, 2.05) is 18.7 Å². The normalized spacial score (nSPS) is 12.0. The van der Waals surface area contributed by atoms with Crippen LogP contribution in [0.4, 0.5) is 0 Å². The Balaban J connectivity index is 3.21. The highest BCUT2D eigenvalue weighted by Gasteiger charge is 1.89. The first-order valence-corrected chi connectivity index (χ1v) is 4.83. The molecule has 0 aromatic rings. The van der Waals surface area contributed by atoms with Gasteiger partial charge in [0.05, 0.1) is 5.75 Å². The third kappa shape index (κ3) is 5.95. The molecule has 0 heterocycles. The fourth-order valence-corrected chi connectivity index (χ4v) is 1.30. The third-order valence-electron chi connectivity index (χ3n) is 0.960. The number of aliphatic imine (C=N–C) groups is 1. The highest BCUT2D eigenvalue weighted by molar-refractivity contribution is 7.99. The van der Waals surface area contributed by atoms with Gasteiger partial charge in [0.15, 0.2) is 0 Å². The van der Waals surface area contributed by atoms with E-state index < -0.39 is 0 Å². The van der Waals surface area contributed by atoms with Gasteiger partial charge >= 0.3 is 0 Å². The van der Waals surface area contributed by atoms with Crippen molar-refractivity contribution in [3.63, 3.8) is 0 Å². The summed E-state index contributed by atoms with van der Waals surface area (Å²) in [5, 5.41) is 0. The molecule has 0 rings (SSSR count). The zero-order valence-corrected chi connectivity index (χ0v) is 7.58. The maximum atomic E-state index is 5.55. The molecule has 0 bridgehead atoms. The number of amidine groups is 1. The summed E-state index contributed by atoms with van der Waals surface area (Å²) in [4.78, 5) is 4.07. The summed E-state index contributed by atoms with van der Waals surface area (Å²) in [5.41, 5.74) is 5.55. The first-order chi connectivity index (χ1) is 4.81. The van der Waals surface area contributed by atoms with Crippen molar-refractivity contribution in [2.75, 3.05) is 18.1 Å². The fraction of sp³-hybridized carbons (Fsp3) is 0.857. The van der Waals surface area contributed by atoms with Crippen molar-refractivity contribution < 1.29 is 0 Å². The zero-order valence-electron chi connectivity index (χ0n) is 6.76. The molecule has 0 aromatic carbocycles. The Bertz CT molecular complexity index is 102. The zero-order chi connectivity index (χ0) is 7.82.